The number of hydrogen-bond acceptors (Lipinski definition) is 7. The first-order chi connectivity index (χ1) is 21.9. The molecule has 10 nitrogen and oxygen atoms in total. The molecule has 1 aliphatic rings. The van der Waals surface area contributed by atoms with Crippen LogP contribution in [0, 0.1) is 18.3 Å². The van der Waals surface area contributed by atoms with Crippen LogP contribution in [-0.4, -0.2) is 50.2 Å². The number of aromatic nitrogens is 3. The van der Waals surface area contributed by atoms with E-state index in [0.717, 1.165) is 22.9 Å². The van der Waals surface area contributed by atoms with Gasteiger partial charge in [-0.3, -0.25) is 9.69 Å². The molecule has 5 rings (SSSR count). The van der Waals surface area contributed by atoms with Gasteiger partial charge in [-0.25, -0.2) is 19.5 Å². The lowest BCUT2D eigenvalue weighted by Crippen LogP contribution is -2.31. The van der Waals surface area contributed by atoms with Gasteiger partial charge in [-0.15, -0.1) is 18.3 Å². The lowest BCUT2D eigenvalue weighted by molar-refractivity contribution is -0.274. The molecule has 14 heteroatoms. The molecule has 0 N–H and O–H groups in total. The van der Waals surface area contributed by atoms with Gasteiger partial charge in [0.25, 0.3) is 0 Å². The summed E-state index contributed by atoms with van der Waals surface area (Å²) in [6.07, 6.45) is -2.16. The van der Waals surface area contributed by atoms with Crippen LogP contribution in [0.4, 0.5) is 23.7 Å². The van der Waals surface area contributed by atoms with E-state index in [1.165, 1.54) is 46.4 Å². The van der Waals surface area contributed by atoms with Crippen LogP contribution in [0.2, 0.25) is 0 Å². The van der Waals surface area contributed by atoms with E-state index in [-0.39, 0.29) is 28.5 Å². The third-order valence-corrected chi connectivity index (χ3v) is 7.76. The Kier molecular flexibility index (Phi) is 9.33. The lowest BCUT2D eigenvalue weighted by Gasteiger charge is -2.22. The maximum absolute atomic E-state index is 12.8. The van der Waals surface area contributed by atoms with Crippen molar-refractivity contribution in [3.8, 4) is 28.9 Å². The summed E-state index contributed by atoms with van der Waals surface area (Å²) in [5, 5.41) is 14.4. The number of amides is 3. The highest BCUT2D eigenvalue weighted by atomic mass is 32.2. The Morgan fingerprint density at radius 2 is 1.83 bits per heavy atom. The number of nitriles is 1. The van der Waals surface area contributed by atoms with Crippen LogP contribution in [0.15, 0.2) is 83.0 Å². The molecule has 1 fully saturated rings. The van der Waals surface area contributed by atoms with Gasteiger partial charge in [0.1, 0.15) is 18.0 Å². The van der Waals surface area contributed by atoms with Crippen molar-refractivity contribution < 1.29 is 27.5 Å². The number of carbonyl (C=O) groups excluding carboxylic acids is 2. The molecular weight excluding hydrogens is 619 g/mol. The van der Waals surface area contributed by atoms with E-state index in [1.54, 1.807) is 24.3 Å². The molecule has 46 heavy (non-hydrogen) atoms. The van der Waals surface area contributed by atoms with Crippen molar-refractivity contribution in [3.05, 3.63) is 89.7 Å². The van der Waals surface area contributed by atoms with E-state index in [1.807, 2.05) is 39.0 Å². The number of benzene rings is 3. The number of rotatable bonds is 7. The molecule has 0 aliphatic carbocycles. The maximum Gasteiger partial charge on any atom is 0.573 e. The van der Waals surface area contributed by atoms with Crippen molar-refractivity contribution in [2.45, 2.75) is 39.0 Å². The average molecular weight is 646 g/mol. The second-order valence-electron chi connectivity index (χ2n) is 10.5. The Morgan fingerprint density at radius 3 is 2.48 bits per heavy atom. The molecule has 3 aromatic carbocycles. The summed E-state index contributed by atoms with van der Waals surface area (Å²) in [7, 11) is 0. The van der Waals surface area contributed by atoms with Crippen molar-refractivity contribution >= 4 is 40.8 Å². The zero-order valence-corrected chi connectivity index (χ0v) is 25.6. The minimum Gasteiger partial charge on any atom is -0.406 e. The SMILES string of the molecule is Cc1ccc(C(C)C)c(N2C(=O)CSC2=NC(=O)N=CC(C#N)c2ccc(-c3ncn(-c4ccc(OC(F)(F)F)cc4)n3)cc2)c1. The zero-order chi connectivity index (χ0) is 33.0. The smallest absolute Gasteiger partial charge is 0.406 e. The van der Waals surface area contributed by atoms with Gasteiger partial charge in [-0.05, 0) is 59.9 Å². The Morgan fingerprint density at radius 1 is 1.11 bits per heavy atom. The molecule has 234 valence electrons. The van der Waals surface area contributed by atoms with Crippen molar-refractivity contribution in [2.24, 2.45) is 9.98 Å². The highest BCUT2D eigenvalue weighted by molar-refractivity contribution is 8.15. The summed E-state index contributed by atoms with van der Waals surface area (Å²) in [4.78, 5) is 39.2. The Bertz CT molecular complexity index is 1860. The van der Waals surface area contributed by atoms with Crippen LogP contribution in [0.5, 0.6) is 5.75 Å². The van der Waals surface area contributed by atoms with Gasteiger partial charge < -0.3 is 4.74 Å². The molecule has 2 heterocycles. The molecule has 3 amide bonds. The van der Waals surface area contributed by atoms with E-state index in [2.05, 4.69) is 30.9 Å². The molecular formula is C32H26F3N7O3S. The van der Waals surface area contributed by atoms with Crippen molar-refractivity contribution in [1.82, 2.24) is 14.8 Å². The maximum atomic E-state index is 12.8. The second kappa shape index (κ2) is 13.4. The molecule has 1 atom stereocenters. The van der Waals surface area contributed by atoms with Gasteiger partial charge in [0.2, 0.25) is 5.91 Å². The number of ether oxygens (including phenoxy) is 1. The Labute approximate surface area is 266 Å². The number of amidine groups is 1. The quantitative estimate of drug-likeness (QED) is 0.195. The first-order valence-electron chi connectivity index (χ1n) is 13.9. The standard InChI is InChI=1S/C32H26F3N7O3S/c1-19(2)26-13-4-20(3)14-27(26)42-28(43)17-46-31(42)39-30(44)37-16-23(15-36)21-5-7-22(8-6-21)29-38-18-41(40-29)24-9-11-25(12-10-24)45-32(33,34)35/h4-14,16,18-19,23H,17H2,1-3H3. The van der Waals surface area contributed by atoms with Crippen LogP contribution in [0.3, 0.4) is 0 Å². The highest BCUT2D eigenvalue weighted by Gasteiger charge is 2.33. The number of halogens is 3. The van der Waals surface area contributed by atoms with Gasteiger partial charge in [-0.2, -0.15) is 10.3 Å². The van der Waals surface area contributed by atoms with E-state index in [9.17, 15) is 28.0 Å². The molecule has 1 saturated heterocycles. The number of hydrogen-bond donors (Lipinski definition) is 0. The van der Waals surface area contributed by atoms with Gasteiger partial charge in [-0.1, -0.05) is 62.0 Å². The van der Waals surface area contributed by atoms with Gasteiger partial charge >= 0.3 is 12.4 Å². The molecule has 4 aromatic rings. The van der Waals surface area contributed by atoms with E-state index < -0.39 is 18.3 Å². The predicted octanol–water partition coefficient (Wildman–Crippen LogP) is 7.20. The molecule has 1 unspecified atom stereocenters. The summed E-state index contributed by atoms with van der Waals surface area (Å²) in [6, 6.07) is 19.0. The first-order valence-corrected chi connectivity index (χ1v) is 14.9. The molecule has 0 radical (unpaired) electrons. The molecule has 1 aliphatic heterocycles. The zero-order valence-electron chi connectivity index (χ0n) is 24.8. The summed E-state index contributed by atoms with van der Waals surface area (Å²) in [6.45, 7) is 5.97. The number of aryl methyl sites for hydroxylation is 1. The molecule has 0 bridgehead atoms. The first kappa shape index (κ1) is 32.1. The van der Waals surface area contributed by atoms with Crippen molar-refractivity contribution in [3.63, 3.8) is 0 Å². The Balaban J connectivity index is 1.28. The average Bonchev–Trinajstić information content (AvgIpc) is 3.64. The Hall–Kier alpha value is -5.29. The van der Waals surface area contributed by atoms with Crippen LogP contribution >= 0.6 is 11.8 Å². The molecule has 0 saturated carbocycles. The monoisotopic (exact) mass is 645 g/mol. The van der Waals surface area contributed by atoms with Gasteiger partial charge in [0.15, 0.2) is 11.0 Å². The normalized spacial score (nSPS) is 15.1. The number of alkyl halides is 3. The fourth-order valence-corrected chi connectivity index (χ4v) is 5.47. The summed E-state index contributed by atoms with van der Waals surface area (Å²) < 4.78 is 42.6. The number of thioether (sulfide) groups is 1. The number of urea groups is 1. The molecule has 1 aromatic heterocycles. The fraction of sp³-hybridized carbons (Fsp3) is 0.219. The predicted molar refractivity (Wildman–Crippen MR) is 168 cm³/mol. The third kappa shape index (κ3) is 7.49. The minimum absolute atomic E-state index is 0.140. The number of anilines is 1. The summed E-state index contributed by atoms with van der Waals surface area (Å²) in [5.41, 5.74) is 4.26. The largest absolute Gasteiger partial charge is 0.573 e. The summed E-state index contributed by atoms with van der Waals surface area (Å²) in [5.74, 6) is -0.771. The van der Waals surface area contributed by atoms with Crippen LogP contribution in [-0.2, 0) is 4.79 Å². The van der Waals surface area contributed by atoms with Crippen LogP contribution < -0.4 is 9.64 Å². The van der Waals surface area contributed by atoms with E-state index >= 15 is 0 Å². The van der Waals surface area contributed by atoms with Crippen molar-refractivity contribution in [1.29, 1.82) is 5.26 Å². The number of nitrogens with zero attached hydrogens (tertiary/aromatic N) is 7. The lowest BCUT2D eigenvalue weighted by atomic mass is 9.99. The minimum atomic E-state index is -4.79. The van der Waals surface area contributed by atoms with Crippen LogP contribution in [0.25, 0.3) is 17.1 Å². The topological polar surface area (TPSA) is 126 Å². The molecule has 0 spiro atoms. The van der Waals surface area contributed by atoms with Gasteiger partial charge in [0, 0.05) is 11.8 Å². The van der Waals surface area contributed by atoms with Crippen LogP contribution in [0.1, 0.15) is 42.4 Å². The fourth-order valence-electron chi connectivity index (χ4n) is 4.62. The van der Waals surface area contributed by atoms with E-state index in [4.69, 9.17) is 0 Å². The second-order valence-corrected chi connectivity index (χ2v) is 11.4. The van der Waals surface area contributed by atoms with E-state index in [0.29, 0.717) is 28.3 Å². The highest BCUT2D eigenvalue weighted by Crippen LogP contribution is 2.34. The summed E-state index contributed by atoms with van der Waals surface area (Å²) >= 11 is 1.15. The number of aliphatic imine (C=N–C) groups is 2. The van der Waals surface area contributed by atoms with Crippen molar-refractivity contribution in [2.75, 3.05) is 10.7 Å². The van der Waals surface area contributed by atoms with Gasteiger partial charge in [0.05, 0.1) is 23.2 Å². The number of carbonyl (C=O) groups is 2. The third-order valence-electron chi connectivity index (χ3n) is 6.83.